The number of carboxylic acid groups (broad SMARTS) is 1. The van der Waals surface area contributed by atoms with Gasteiger partial charge in [-0.15, -0.1) is 11.3 Å². The molecule has 3 heterocycles. The summed E-state index contributed by atoms with van der Waals surface area (Å²) in [5.74, 6) is -0.779. The zero-order valence-corrected chi connectivity index (χ0v) is 14.9. The highest BCUT2D eigenvalue weighted by Crippen LogP contribution is 2.49. The molecule has 5 nitrogen and oxygen atoms in total. The lowest BCUT2D eigenvalue weighted by Crippen LogP contribution is -2.37. The molecule has 0 aromatic carbocycles. The van der Waals surface area contributed by atoms with Gasteiger partial charge in [-0.1, -0.05) is 12.5 Å². The molecule has 1 amide bonds. The van der Waals surface area contributed by atoms with E-state index < -0.39 is 11.4 Å². The summed E-state index contributed by atoms with van der Waals surface area (Å²) in [4.78, 5) is 32.1. The minimum absolute atomic E-state index is 0.0765. The van der Waals surface area contributed by atoms with Crippen molar-refractivity contribution in [2.75, 3.05) is 13.1 Å². The number of carboxylic acids is 1. The van der Waals surface area contributed by atoms with Crippen LogP contribution in [0, 0.1) is 18.3 Å². The van der Waals surface area contributed by atoms with E-state index in [0.717, 1.165) is 23.4 Å². The van der Waals surface area contributed by atoms with E-state index >= 15 is 0 Å². The van der Waals surface area contributed by atoms with Crippen LogP contribution >= 0.6 is 11.3 Å². The Morgan fingerprint density at radius 2 is 2.20 bits per heavy atom. The van der Waals surface area contributed by atoms with Gasteiger partial charge in [0.1, 0.15) is 0 Å². The molecule has 1 aliphatic heterocycles. The van der Waals surface area contributed by atoms with Crippen molar-refractivity contribution in [3.8, 4) is 10.6 Å². The summed E-state index contributed by atoms with van der Waals surface area (Å²) < 4.78 is 0. The number of fused-ring (bicyclic) bond motifs is 1. The Morgan fingerprint density at radius 3 is 2.84 bits per heavy atom. The topological polar surface area (TPSA) is 70.5 Å². The maximum absolute atomic E-state index is 13.0. The van der Waals surface area contributed by atoms with Gasteiger partial charge < -0.3 is 10.0 Å². The molecule has 2 atom stereocenters. The molecular weight excluding hydrogens is 336 g/mol. The lowest BCUT2D eigenvalue weighted by atomic mass is 9.81. The number of aromatic nitrogens is 1. The number of pyridine rings is 1. The summed E-state index contributed by atoms with van der Waals surface area (Å²) in [5, 5.41) is 11.7. The third-order valence-corrected chi connectivity index (χ3v) is 6.57. The highest BCUT2D eigenvalue weighted by Gasteiger charge is 2.55. The van der Waals surface area contributed by atoms with Crippen molar-refractivity contribution in [3.63, 3.8) is 0 Å². The van der Waals surface area contributed by atoms with E-state index in [1.165, 1.54) is 0 Å². The summed E-state index contributed by atoms with van der Waals surface area (Å²) in [7, 11) is 0. The summed E-state index contributed by atoms with van der Waals surface area (Å²) >= 11 is 1.62. The van der Waals surface area contributed by atoms with Crippen LogP contribution in [0.1, 0.15) is 35.3 Å². The average Bonchev–Trinajstić information content (AvgIpc) is 3.29. The molecule has 1 saturated carbocycles. The van der Waals surface area contributed by atoms with Crippen molar-refractivity contribution in [1.29, 1.82) is 0 Å². The molecule has 2 aromatic rings. The quantitative estimate of drug-likeness (QED) is 0.914. The predicted octanol–water partition coefficient (Wildman–Crippen LogP) is 3.45. The Bertz CT molecular complexity index is 833. The normalized spacial score (nSPS) is 25.2. The standard InChI is InChI=1S/C19H20N2O3S/c1-12-14(6-7-15(20-12)16-5-3-9-25-16)17(22)21-10-13-4-2-8-19(13,11-21)18(23)24/h3,5-7,9,13H,2,4,8,10-11H2,1H3,(H,23,24)/t13-,19+/m0/s1. The van der Waals surface area contributed by atoms with Crippen LogP contribution in [0.15, 0.2) is 29.6 Å². The van der Waals surface area contributed by atoms with Gasteiger partial charge >= 0.3 is 5.97 Å². The smallest absolute Gasteiger partial charge is 0.311 e. The van der Waals surface area contributed by atoms with Gasteiger partial charge in [-0.3, -0.25) is 14.6 Å². The van der Waals surface area contributed by atoms with Crippen LogP contribution in [0.25, 0.3) is 10.6 Å². The van der Waals surface area contributed by atoms with Gasteiger partial charge in [-0.2, -0.15) is 0 Å². The fourth-order valence-electron chi connectivity index (χ4n) is 4.31. The first kappa shape index (κ1) is 16.3. The zero-order valence-electron chi connectivity index (χ0n) is 14.1. The first-order valence-electron chi connectivity index (χ1n) is 8.55. The first-order valence-corrected chi connectivity index (χ1v) is 9.43. The molecule has 130 valence electrons. The third-order valence-electron chi connectivity index (χ3n) is 5.67. The number of aliphatic carboxylic acids is 1. The molecule has 1 aliphatic carbocycles. The van der Waals surface area contributed by atoms with Crippen molar-refractivity contribution < 1.29 is 14.7 Å². The SMILES string of the molecule is Cc1nc(-c2cccs2)ccc1C(=O)N1C[C@@H]2CCC[C@@]2(C(=O)O)C1. The van der Waals surface area contributed by atoms with Crippen molar-refractivity contribution in [2.24, 2.45) is 11.3 Å². The fraction of sp³-hybridized carbons (Fsp3) is 0.421. The summed E-state index contributed by atoms with van der Waals surface area (Å²) in [6.45, 7) is 2.70. The molecule has 2 aliphatic rings. The Morgan fingerprint density at radius 1 is 1.36 bits per heavy atom. The molecular formula is C19H20N2O3S. The van der Waals surface area contributed by atoms with E-state index in [1.54, 1.807) is 16.2 Å². The Labute approximate surface area is 150 Å². The van der Waals surface area contributed by atoms with Gasteiger partial charge in [0.05, 0.1) is 27.2 Å². The van der Waals surface area contributed by atoms with E-state index in [4.69, 9.17) is 0 Å². The van der Waals surface area contributed by atoms with Gasteiger partial charge in [0, 0.05) is 13.1 Å². The molecule has 2 aromatic heterocycles. The van der Waals surface area contributed by atoms with Crippen molar-refractivity contribution in [2.45, 2.75) is 26.2 Å². The maximum Gasteiger partial charge on any atom is 0.311 e. The van der Waals surface area contributed by atoms with Crippen molar-refractivity contribution >= 4 is 23.2 Å². The number of amides is 1. The Kier molecular flexibility index (Phi) is 3.87. The van der Waals surface area contributed by atoms with Gasteiger partial charge in [0.15, 0.2) is 0 Å². The van der Waals surface area contributed by atoms with Crippen LogP contribution in [0.4, 0.5) is 0 Å². The number of hydrogen-bond acceptors (Lipinski definition) is 4. The number of rotatable bonds is 3. The van der Waals surface area contributed by atoms with Gasteiger partial charge in [-0.05, 0) is 49.3 Å². The number of carbonyl (C=O) groups excluding carboxylic acids is 1. The maximum atomic E-state index is 13.0. The second kappa shape index (κ2) is 5.95. The number of aryl methyl sites for hydroxylation is 1. The molecule has 0 spiro atoms. The van der Waals surface area contributed by atoms with Crippen molar-refractivity contribution in [3.05, 3.63) is 40.9 Å². The monoisotopic (exact) mass is 356 g/mol. The minimum atomic E-state index is -0.756. The van der Waals surface area contributed by atoms with Gasteiger partial charge in [0.25, 0.3) is 5.91 Å². The van der Waals surface area contributed by atoms with E-state index in [-0.39, 0.29) is 11.8 Å². The molecule has 25 heavy (non-hydrogen) atoms. The van der Waals surface area contributed by atoms with E-state index in [2.05, 4.69) is 4.98 Å². The Balaban J connectivity index is 1.59. The van der Waals surface area contributed by atoms with Crippen LogP contribution in [0.5, 0.6) is 0 Å². The predicted molar refractivity (Wildman–Crippen MR) is 95.6 cm³/mol. The number of hydrogen-bond donors (Lipinski definition) is 1. The second-order valence-corrected chi connectivity index (χ2v) is 7.99. The molecule has 6 heteroatoms. The van der Waals surface area contributed by atoms with Crippen molar-refractivity contribution in [1.82, 2.24) is 9.88 Å². The summed E-state index contributed by atoms with van der Waals surface area (Å²) in [6.07, 6.45) is 2.51. The number of nitrogens with zero attached hydrogens (tertiary/aromatic N) is 2. The van der Waals surface area contributed by atoms with Crippen LogP contribution < -0.4 is 0 Å². The molecule has 0 bridgehead atoms. The second-order valence-electron chi connectivity index (χ2n) is 7.04. The van der Waals surface area contributed by atoms with Crippen LogP contribution in [-0.4, -0.2) is 40.0 Å². The lowest BCUT2D eigenvalue weighted by molar-refractivity contribution is -0.149. The molecule has 1 N–H and O–H groups in total. The highest BCUT2D eigenvalue weighted by atomic mass is 32.1. The van der Waals surface area contributed by atoms with E-state index in [9.17, 15) is 14.7 Å². The first-order chi connectivity index (χ1) is 12.0. The average molecular weight is 356 g/mol. The fourth-order valence-corrected chi connectivity index (χ4v) is 5.01. The lowest BCUT2D eigenvalue weighted by Gasteiger charge is -2.23. The van der Waals surface area contributed by atoms with Gasteiger partial charge in [-0.25, -0.2) is 0 Å². The summed E-state index contributed by atoms with van der Waals surface area (Å²) in [6, 6.07) is 7.67. The largest absolute Gasteiger partial charge is 0.481 e. The van der Waals surface area contributed by atoms with E-state index in [1.807, 2.05) is 36.6 Å². The van der Waals surface area contributed by atoms with Crippen LogP contribution in [0.3, 0.4) is 0 Å². The molecule has 1 saturated heterocycles. The number of likely N-dealkylation sites (tertiary alicyclic amines) is 1. The van der Waals surface area contributed by atoms with Gasteiger partial charge in [0.2, 0.25) is 0 Å². The molecule has 0 radical (unpaired) electrons. The molecule has 4 rings (SSSR count). The number of carbonyl (C=O) groups is 2. The zero-order chi connectivity index (χ0) is 17.6. The van der Waals surface area contributed by atoms with Crippen LogP contribution in [-0.2, 0) is 4.79 Å². The van der Waals surface area contributed by atoms with Crippen LogP contribution in [0.2, 0.25) is 0 Å². The molecule has 2 fully saturated rings. The minimum Gasteiger partial charge on any atom is -0.481 e. The Hall–Kier alpha value is -2.21. The number of thiophene rings is 1. The summed E-state index contributed by atoms with van der Waals surface area (Å²) in [5.41, 5.74) is 1.39. The molecule has 0 unspecified atom stereocenters. The van der Waals surface area contributed by atoms with E-state index in [0.29, 0.717) is 30.8 Å². The highest BCUT2D eigenvalue weighted by molar-refractivity contribution is 7.13. The third kappa shape index (κ3) is 2.56.